The van der Waals surface area contributed by atoms with Gasteiger partial charge in [0.15, 0.2) is 11.6 Å². The average molecular weight is 450 g/mol. The molecule has 0 saturated carbocycles. The molecule has 0 aliphatic carbocycles. The summed E-state index contributed by atoms with van der Waals surface area (Å²) < 4.78 is 7.66. The van der Waals surface area contributed by atoms with Crippen LogP contribution in [0.3, 0.4) is 0 Å². The van der Waals surface area contributed by atoms with E-state index >= 15 is 0 Å². The number of aromatic nitrogens is 5. The van der Waals surface area contributed by atoms with Crippen molar-refractivity contribution < 1.29 is 4.52 Å². The second-order valence-corrected chi connectivity index (χ2v) is 8.60. The van der Waals surface area contributed by atoms with Gasteiger partial charge in [-0.1, -0.05) is 28.9 Å². The van der Waals surface area contributed by atoms with E-state index < -0.39 is 0 Å². The van der Waals surface area contributed by atoms with Gasteiger partial charge in [0.1, 0.15) is 11.5 Å². The second kappa shape index (κ2) is 8.27. The van der Waals surface area contributed by atoms with Gasteiger partial charge in [0, 0.05) is 56.1 Å². The Bertz CT molecular complexity index is 1230. The van der Waals surface area contributed by atoms with Crippen molar-refractivity contribution in [1.82, 2.24) is 24.9 Å². The van der Waals surface area contributed by atoms with Crippen LogP contribution in [0, 0.1) is 0 Å². The molecule has 1 aliphatic heterocycles. The minimum atomic E-state index is 0.0803. The summed E-state index contributed by atoms with van der Waals surface area (Å²) in [5.74, 6) is 3.20. The number of rotatable bonds is 5. The molecule has 32 heavy (non-hydrogen) atoms. The highest BCUT2D eigenvalue weighted by atomic mass is 35.5. The molecule has 8 nitrogen and oxygen atoms in total. The first kappa shape index (κ1) is 20.5. The molecule has 1 fully saturated rings. The molecule has 164 valence electrons. The van der Waals surface area contributed by atoms with Crippen molar-refractivity contribution >= 4 is 23.4 Å². The second-order valence-electron chi connectivity index (χ2n) is 8.16. The molecule has 0 spiro atoms. The van der Waals surface area contributed by atoms with Gasteiger partial charge in [-0.3, -0.25) is 4.57 Å². The summed E-state index contributed by atoms with van der Waals surface area (Å²) in [6, 6.07) is 13.7. The van der Waals surface area contributed by atoms with Crippen molar-refractivity contribution in [3.8, 4) is 22.7 Å². The summed E-state index contributed by atoms with van der Waals surface area (Å²) in [5, 5.41) is 14.0. The molecule has 4 heterocycles. The number of nitrogens with zero attached hydrogens (tertiary/aromatic N) is 7. The summed E-state index contributed by atoms with van der Waals surface area (Å²) in [7, 11) is 5.93. The molecule has 9 heteroatoms. The first-order chi connectivity index (χ1) is 15.5. The number of halogens is 1. The smallest absolute Gasteiger partial charge is 0.227 e. The van der Waals surface area contributed by atoms with Gasteiger partial charge in [-0.15, -0.1) is 10.2 Å². The SMILES string of the molecule is CN(C)c1ccc(-c2nnc(N3CCCC3c3cc(-c4cccc(Cl)c4)on3)n2C)cn1. The third-order valence-electron chi connectivity index (χ3n) is 5.80. The molecule has 1 saturated heterocycles. The first-order valence-corrected chi connectivity index (χ1v) is 10.9. The predicted octanol–water partition coefficient (Wildman–Crippen LogP) is 4.59. The van der Waals surface area contributed by atoms with E-state index in [2.05, 4.69) is 25.2 Å². The fraction of sp³-hybridized carbons (Fsp3) is 0.304. The molecule has 1 aromatic carbocycles. The fourth-order valence-electron chi connectivity index (χ4n) is 4.14. The number of pyridine rings is 1. The molecule has 1 atom stereocenters. The molecule has 3 aromatic heterocycles. The zero-order chi connectivity index (χ0) is 22.2. The van der Waals surface area contributed by atoms with E-state index in [9.17, 15) is 0 Å². The van der Waals surface area contributed by atoms with Gasteiger partial charge >= 0.3 is 0 Å². The van der Waals surface area contributed by atoms with E-state index in [0.717, 1.165) is 53.8 Å². The van der Waals surface area contributed by atoms with Crippen LogP contribution < -0.4 is 9.80 Å². The lowest BCUT2D eigenvalue weighted by Crippen LogP contribution is -2.25. The van der Waals surface area contributed by atoms with E-state index in [0.29, 0.717) is 10.8 Å². The molecule has 1 unspecified atom stereocenters. The number of hydrogen-bond acceptors (Lipinski definition) is 7. The lowest BCUT2D eigenvalue weighted by molar-refractivity contribution is 0.416. The molecule has 1 aliphatic rings. The van der Waals surface area contributed by atoms with Crippen molar-refractivity contribution in [2.45, 2.75) is 18.9 Å². The van der Waals surface area contributed by atoms with E-state index in [1.807, 2.05) is 79.3 Å². The van der Waals surface area contributed by atoms with Gasteiger partial charge in [0.25, 0.3) is 0 Å². The third-order valence-corrected chi connectivity index (χ3v) is 6.04. The van der Waals surface area contributed by atoms with E-state index in [4.69, 9.17) is 16.1 Å². The highest BCUT2D eigenvalue weighted by Crippen LogP contribution is 2.37. The number of benzene rings is 1. The number of anilines is 2. The monoisotopic (exact) mass is 449 g/mol. The summed E-state index contributed by atoms with van der Waals surface area (Å²) in [6.45, 7) is 0.883. The molecule has 4 aromatic rings. The molecular weight excluding hydrogens is 426 g/mol. The van der Waals surface area contributed by atoms with Crippen molar-refractivity contribution in [2.75, 3.05) is 30.4 Å². The van der Waals surface area contributed by atoms with Crippen LogP contribution in [0.4, 0.5) is 11.8 Å². The van der Waals surface area contributed by atoms with Crippen molar-refractivity contribution in [1.29, 1.82) is 0 Å². The van der Waals surface area contributed by atoms with Crippen LogP contribution in [0.15, 0.2) is 53.2 Å². The summed E-state index contributed by atoms with van der Waals surface area (Å²) >= 11 is 6.13. The van der Waals surface area contributed by atoms with Gasteiger partial charge < -0.3 is 14.3 Å². The molecule has 0 radical (unpaired) electrons. The van der Waals surface area contributed by atoms with E-state index in [-0.39, 0.29) is 6.04 Å². The zero-order valence-corrected chi connectivity index (χ0v) is 19.0. The Morgan fingerprint density at radius 3 is 2.72 bits per heavy atom. The lowest BCUT2D eigenvalue weighted by atomic mass is 10.1. The lowest BCUT2D eigenvalue weighted by Gasteiger charge is -2.23. The Morgan fingerprint density at radius 2 is 1.97 bits per heavy atom. The van der Waals surface area contributed by atoms with Crippen LogP contribution in [-0.2, 0) is 7.05 Å². The fourth-order valence-corrected chi connectivity index (χ4v) is 4.33. The Labute approximate surface area is 191 Å². The molecule has 0 amide bonds. The van der Waals surface area contributed by atoms with Crippen LogP contribution in [0.5, 0.6) is 0 Å². The maximum atomic E-state index is 6.13. The average Bonchev–Trinajstić information content (AvgIpc) is 3.53. The highest BCUT2D eigenvalue weighted by Gasteiger charge is 2.32. The zero-order valence-electron chi connectivity index (χ0n) is 18.2. The van der Waals surface area contributed by atoms with Crippen LogP contribution in [-0.4, -0.2) is 45.5 Å². The Hall–Kier alpha value is -3.39. The van der Waals surface area contributed by atoms with Gasteiger partial charge in [0.05, 0.1) is 6.04 Å². The van der Waals surface area contributed by atoms with Crippen molar-refractivity contribution in [3.05, 3.63) is 59.4 Å². The Balaban J connectivity index is 1.42. The maximum absolute atomic E-state index is 6.13. The molecule has 5 rings (SSSR count). The van der Waals surface area contributed by atoms with Crippen LogP contribution in [0.25, 0.3) is 22.7 Å². The van der Waals surface area contributed by atoms with Gasteiger partial charge in [0.2, 0.25) is 5.95 Å². The Morgan fingerprint density at radius 1 is 1.09 bits per heavy atom. The Kier molecular flexibility index (Phi) is 5.30. The normalized spacial score (nSPS) is 16.0. The van der Waals surface area contributed by atoms with E-state index in [1.54, 1.807) is 0 Å². The molecule has 0 N–H and O–H groups in total. The van der Waals surface area contributed by atoms with Gasteiger partial charge in [-0.25, -0.2) is 4.98 Å². The van der Waals surface area contributed by atoms with E-state index in [1.165, 1.54) is 0 Å². The standard InChI is InChI=1S/C23H24ClN7O/c1-29(2)21-10-9-16(14-25-21)22-26-27-23(30(22)3)31-11-5-8-19(31)18-13-20(32-28-18)15-6-4-7-17(24)12-15/h4,6-7,9-10,12-14,19H,5,8,11H2,1-3H3. The number of hydrogen-bond donors (Lipinski definition) is 0. The van der Waals surface area contributed by atoms with Crippen molar-refractivity contribution in [3.63, 3.8) is 0 Å². The molecule has 0 bridgehead atoms. The van der Waals surface area contributed by atoms with Crippen LogP contribution in [0.2, 0.25) is 5.02 Å². The summed E-state index contributed by atoms with van der Waals surface area (Å²) in [4.78, 5) is 8.72. The summed E-state index contributed by atoms with van der Waals surface area (Å²) in [6.07, 6.45) is 3.85. The summed E-state index contributed by atoms with van der Waals surface area (Å²) in [5.41, 5.74) is 2.73. The van der Waals surface area contributed by atoms with Gasteiger partial charge in [-0.05, 0) is 37.1 Å². The third kappa shape index (κ3) is 3.71. The maximum Gasteiger partial charge on any atom is 0.227 e. The molecular formula is C23H24ClN7O. The van der Waals surface area contributed by atoms with Crippen molar-refractivity contribution in [2.24, 2.45) is 7.05 Å². The topological polar surface area (TPSA) is 76.1 Å². The highest BCUT2D eigenvalue weighted by molar-refractivity contribution is 6.30. The predicted molar refractivity (Wildman–Crippen MR) is 125 cm³/mol. The van der Waals surface area contributed by atoms with Crippen LogP contribution >= 0.6 is 11.6 Å². The quantitative estimate of drug-likeness (QED) is 0.441. The first-order valence-electron chi connectivity index (χ1n) is 10.5. The van der Waals surface area contributed by atoms with Crippen LogP contribution in [0.1, 0.15) is 24.6 Å². The van der Waals surface area contributed by atoms with Gasteiger partial charge in [-0.2, -0.15) is 0 Å². The largest absolute Gasteiger partial charge is 0.363 e. The minimum absolute atomic E-state index is 0.0803. The minimum Gasteiger partial charge on any atom is -0.363 e.